The minimum atomic E-state index is -0.718. The van der Waals surface area contributed by atoms with Crippen LogP contribution in [0.5, 0.6) is 11.5 Å². The topological polar surface area (TPSA) is 69.0 Å². The Kier molecular flexibility index (Phi) is 5.33. The first-order valence-corrected chi connectivity index (χ1v) is 11.1. The Bertz CT molecular complexity index is 1520. The van der Waals surface area contributed by atoms with E-state index in [1.54, 1.807) is 31.4 Å². The number of halogens is 1. The van der Waals surface area contributed by atoms with Gasteiger partial charge in [0.05, 0.1) is 36.2 Å². The third kappa shape index (κ3) is 3.33. The number of fused-ring (bicyclic) bond motifs is 2. The molecule has 1 aromatic heterocycles. The maximum absolute atomic E-state index is 13.8. The minimum absolute atomic E-state index is 0.0283. The van der Waals surface area contributed by atoms with E-state index < -0.39 is 11.9 Å². The molecular formula is C27H22ClNO5. The fourth-order valence-electron chi connectivity index (χ4n) is 4.43. The van der Waals surface area contributed by atoms with E-state index in [9.17, 15) is 9.59 Å². The molecule has 34 heavy (non-hydrogen) atoms. The zero-order valence-electron chi connectivity index (χ0n) is 19.1. The van der Waals surface area contributed by atoms with Crippen molar-refractivity contribution in [3.05, 3.63) is 97.9 Å². The summed E-state index contributed by atoms with van der Waals surface area (Å²) in [4.78, 5) is 29.1. The predicted octanol–water partition coefficient (Wildman–Crippen LogP) is 5.83. The number of rotatable bonds is 4. The van der Waals surface area contributed by atoms with Crippen molar-refractivity contribution >= 4 is 34.2 Å². The number of amides is 1. The Balaban J connectivity index is 1.81. The van der Waals surface area contributed by atoms with Crippen molar-refractivity contribution < 1.29 is 18.7 Å². The molecule has 6 nitrogen and oxygen atoms in total. The zero-order chi connectivity index (χ0) is 24.1. The lowest BCUT2D eigenvalue weighted by molar-refractivity contribution is 0.0971. The molecule has 5 rings (SSSR count). The lowest BCUT2D eigenvalue weighted by atomic mass is 9.97. The summed E-state index contributed by atoms with van der Waals surface area (Å²) in [6.07, 6.45) is 0. The molecule has 1 atom stereocenters. The quantitative estimate of drug-likeness (QED) is 0.371. The molecule has 2 heterocycles. The Morgan fingerprint density at radius 1 is 0.941 bits per heavy atom. The van der Waals surface area contributed by atoms with Crippen LogP contribution >= 0.6 is 11.6 Å². The molecule has 1 amide bonds. The molecule has 1 unspecified atom stereocenters. The van der Waals surface area contributed by atoms with E-state index in [0.717, 1.165) is 11.1 Å². The van der Waals surface area contributed by atoms with Gasteiger partial charge in [0.25, 0.3) is 5.91 Å². The summed E-state index contributed by atoms with van der Waals surface area (Å²) in [5.41, 5.74) is 3.63. The highest BCUT2D eigenvalue weighted by atomic mass is 35.5. The van der Waals surface area contributed by atoms with Crippen molar-refractivity contribution in [3.8, 4) is 11.5 Å². The summed E-state index contributed by atoms with van der Waals surface area (Å²) in [5, 5.41) is 0.793. The second kappa shape index (κ2) is 8.22. The van der Waals surface area contributed by atoms with Gasteiger partial charge in [-0.3, -0.25) is 14.5 Å². The van der Waals surface area contributed by atoms with Crippen LogP contribution in [0.25, 0.3) is 11.0 Å². The normalized spacial score (nSPS) is 15.0. The first-order chi connectivity index (χ1) is 16.3. The van der Waals surface area contributed by atoms with E-state index in [0.29, 0.717) is 44.3 Å². The standard InChI is InChI=1S/C27H22ClNO5/c1-14-10-19-22(11-15(14)2)34-26-23(25(19)30)24(16-6-5-7-18(12-16)32-3)29(27(26)31)17-8-9-21(33-4)20(28)13-17/h5-13,24H,1-4H3. The number of hydrogen-bond acceptors (Lipinski definition) is 5. The summed E-state index contributed by atoms with van der Waals surface area (Å²) in [5.74, 6) is 0.711. The maximum atomic E-state index is 13.8. The van der Waals surface area contributed by atoms with Gasteiger partial charge in [0, 0.05) is 5.69 Å². The van der Waals surface area contributed by atoms with Gasteiger partial charge in [0.1, 0.15) is 17.1 Å². The molecule has 3 aromatic carbocycles. The number of ether oxygens (including phenoxy) is 2. The molecule has 0 radical (unpaired) electrons. The molecule has 0 saturated carbocycles. The number of aryl methyl sites for hydroxylation is 2. The van der Waals surface area contributed by atoms with E-state index in [1.165, 1.54) is 12.0 Å². The van der Waals surface area contributed by atoms with Crippen molar-refractivity contribution in [1.29, 1.82) is 0 Å². The first-order valence-electron chi connectivity index (χ1n) is 10.7. The van der Waals surface area contributed by atoms with E-state index in [4.69, 9.17) is 25.5 Å². The van der Waals surface area contributed by atoms with Crippen LogP contribution in [0.3, 0.4) is 0 Å². The Labute approximate surface area is 201 Å². The fourth-order valence-corrected chi connectivity index (χ4v) is 4.68. The number of benzene rings is 3. The lowest BCUT2D eigenvalue weighted by Gasteiger charge is -2.26. The lowest BCUT2D eigenvalue weighted by Crippen LogP contribution is -2.29. The van der Waals surface area contributed by atoms with E-state index in [1.807, 2.05) is 44.2 Å². The average molecular weight is 476 g/mol. The first kappa shape index (κ1) is 22.0. The highest BCUT2D eigenvalue weighted by Gasteiger charge is 2.44. The van der Waals surface area contributed by atoms with Crippen molar-refractivity contribution in [3.63, 3.8) is 0 Å². The van der Waals surface area contributed by atoms with Crippen LogP contribution in [0.4, 0.5) is 5.69 Å². The Hall–Kier alpha value is -3.77. The van der Waals surface area contributed by atoms with E-state index in [-0.39, 0.29) is 11.2 Å². The van der Waals surface area contributed by atoms with Crippen LogP contribution in [0.15, 0.2) is 63.8 Å². The van der Waals surface area contributed by atoms with Gasteiger partial charge in [-0.15, -0.1) is 0 Å². The minimum Gasteiger partial charge on any atom is -0.497 e. The summed E-state index contributed by atoms with van der Waals surface area (Å²) < 4.78 is 16.8. The number of carbonyl (C=O) groups excluding carboxylic acids is 1. The van der Waals surface area contributed by atoms with Crippen molar-refractivity contribution in [2.24, 2.45) is 0 Å². The largest absolute Gasteiger partial charge is 0.497 e. The summed E-state index contributed by atoms with van der Waals surface area (Å²) in [6, 6.07) is 15.3. The van der Waals surface area contributed by atoms with Gasteiger partial charge in [0.2, 0.25) is 5.76 Å². The maximum Gasteiger partial charge on any atom is 0.295 e. The molecule has 0 spiro atoms. The van der Waals surface area contributed by atoms with Gasteiger partial charge < -0.3 is 13.9 Å². The van der Waals surface area contributed by atoms with E-state index >= 15 is 0 Å². The van der Waals surface area contributed by atoms with Gasteiger partial charge in [0.15, 0.2) is 5.43 Å². The Morgan fingerprint density at radius 2 is 1.71 bits per heavy atom. The molecule has 7 heteroatoms. The van der Waals surface area contributed by atoms with Crippen LogP contribution in [-0.4, -0.2) is 20.1 Å². The Morgan fingerprint density at radius 3 is 2.41 bits per heavy atom. The van der Waals surface area contributed by atoms with Crippen LogP contribution < -0.4 is 19.8 Å². The van der Waals surface area contributed by atoms with Crippen LogP contribution in [-0.2, 0) is 0 Å². The van der Waals surface area contributed by atoms with Gasteiger partial charge in [-0.1, -0.05) is 23.7 Å². The van der Waals surface area contributed by atoms with Gasteiger partial charge in [-0.2, -0.15) is 0 Å². The van der Waals surface area contributed by atoms with Gasteiger partial charge >= 0.3 is 0 Å². The summed E-state index contributed by atoms with van der Waals surface area (Å²) in [7, 11) is 3.09. The number of carbonyl (C=O) groups is 1. The molecule has 1 aliphatic heterocycles. The molecule has 0 N–H and O–H groups in total. The SMILES string of the molecule is COc1cccc(C2c3c(oc4cc(C)c(C)cc4c3=O)C(=O)N2c2ccc(OC)c(Cl)c2)c1. The molecular weight excluding hydrogens is 454 g/mol. The summed E-state index contributed by atoms with van der Waals surface area (Å²) in [6.45, 7) is 3.88. The molecule has 0 fully saturated rings. The van der Waals surface area contributed by atoms with E-state index in [2.05, 4.69) is 0 Å². The molecule has 0 bridgehead atoms. The summed E-state index contributed by atoms with van der Waals surface area (Å²) >= 11 is 6.39. The highest BCUT2D eigenvalue weighted by molar-refractivity contribution is 6.32. The van der Waals surface area contributed by atoms with Crippen LogP contribution in [0.1, 0.15) is 38.9 Å². The third-order valence-corrected chi connectivity index (χ3v) is 6.60. The molecule has 4 aromatic rings. The van der Waals surface area contributed by atoms with Gasteiger partial charge in [-0.05, 0) is 73.0 Å². The number of nitrogens with zero attached hydrogens (tertiary/aromatic N) is 1. The molecule has 0 saturated heterocycles. The fraction of sp³-hybridized carbons (Fsp3) is 0.185. The van der Waals surface area contributed by atoms with Crippen LogP contribution in [0.2, 0.25) is 5.02 Å². The van der Waals surface area contributed by atoms with Crippen LogP contribution in [0, 0.1) is 13.8 Å². The monoisotopic (exact) mass is 475 g/mol. The molecule has 1 aliphatic rings. The van der Waals surface area contributed by atoms with Crippen molar-refractivity contribution in [2.45, 2.75) is 19.9 Å². The average Bonchev–Trinajstić information content (AvgIpc) is 3.13. The van der Waals surface area contributed by atoms with Gasteiger partial charge in [-0.25, -0.2) is 0 Å². The number of methoxy groups -OCH3 is 2. The third-order valence-electron chi connectivity index (χ3n) is 6.31. The zero-order valence-corrected chi connectivity index (χ0v) is 19.9. The molecule has 172 valence electrons. The van der Waals surface area contributed by atoms with Crippen molar-refractivity contribution in [1.82, 2.24) is 0 Å². The van der Waals surface area contributed by atoms with Crippen molar-refractivity contribution in [2.75, 3.05) is 19.1 Å². The second-order valence-electron chi connectivity index (χ2n) is 8.28. The smallest absolute Gasteiger partial charge is 0.295 e. The number of hydrogen-bond donors (Lipinski definition) is 0. The second-order valence-corrected chi connectivity index (χ2v) is 8.69. The number of anilines is 1. The highest BCUT2D eigenvalue weighted by Crippen LogP contribution is 2.43. The predicted molar refractivity (Wildman–Crippen MR) is 132 cm³/mol. The molecule has 0 aliphatic carbocycles.